The van der Waals surface area contributed by atoms with Crippen molar-refractivity contribution in [3.05, 3.63) is 46.4 Å². The summed E-state index contributed by atoms with van der Waals surface area (Å²) >= 11 is 1.26. The predicted molar refractivity (Wildman–Crippen MR) is 231 cm³/mol. The maximum absolute atomic E-state index is 14.3. The number of carbonyl (C=O) groups excluding carboxylic acids is 5. The fraction of sp³-hybridized carbons (Fsp3) is 0.674. The van der Waals surface area contributed by atoms with E-state index in [1.165, 1.54) is 18.4 Å². The number of nitrogens with one attached hydrogen (secondary N) is 3. The predicted octanol–water partition coefficient (Wildman–Crippen LogP) is 3.85. The Kier molecular flexibility index (Phi) is 19.2. The number of nitrogen functional groups attached to an aromatic ring is 1. The second-order valence-corrected chi connectivity index (χ2v) is 17.7. The number of hydrogen-bond acceptors (Lipinski definition) is 11. The van der Waals surface area contributed by atoms with Gasteiger partial charge in [0.15, 0.2) is 6.04 Å². The Morgan fingerprint density at radius 3 is 2.12 bits per heavy atom. The van der Waals surface area contributed by atoms with Gasteiger partial charge in [-0.3, -0.25) is 28.9 Å². The minimum Gasteiger partial charge on any atom is -0.399 e. The molecule has 59 heavy (non-hydrogen) atoms. The summed E-state index contributed by atoms with van der Waals surface area (Å²) < 4.78 is 12.0. The number of benzene rings is 1. The first-order valence-electron chi connectivity index (χ1n) is 20.8. The number of methoxy groups -OCH3 is 2. The summed E-state index contributed by atoms with van der Waals surface area (Å²) in [5.74, 6) is -2.41. The van der Waals surface area contributed by atoms with E-state index in [1.807, 2.05) is 72.7 Å². The van der Waals surface area contributed by atoms with Crippen molar-refractivity contribution in [3.63, 3.8) is 0 Å². The maximum Gasteiger partial charge on any atom is 0.250 e. The number of amides is 5. The molecular weight excluding hydrogens is 773 g/mol. The molecule has 15 nitrogen and oxygen atoms in total. The second-order valence-electron chi connectivity index (χ2n) is 16.7. The molecule has 9 atom stereocenters. The Morgan fingerprint density at radius 1 is 0.932 bits per heavy atom. The molecule has 0 spiro atoms. The van der Waals surface area contributed by atoms with Gasteiger partial charge < -0.3 is 41.0 Å². The Balaban J connectivity index is 1.78. The lowest BCUT2D eigenvalue weighted by Crippen LogP contribution is -2.59. The van der Waals surface area contributed by atoms with Crippen LogP contribution < -0.4 is 21.7 Å². The van der Waals surface area contributed by atoms with Crippen molar-refractivity contribution in [2.75, 3.05) is 47.6 Å². The highest BCUT2D eigenvalue weighted by molar-refractivity contribution is 7.09. The largest absolute Gasteiger partial charge is 0.399 e. The molecule has 2 heterocycles. The van der Waals surface area contributed by atoms with Crippen LogP contribution in [0.3, 0.4) is 0 Å². The standard InChI is InChI=1S/C43H70N8O7S/c1-13-27(6)37(50(10)43(56)34(25(2)3)47-41(55)36(26(4)5)49(8)9)32(57-11)23-33(52)51-21-14-15-31(51)38(58-12)28(7)39(53)48-35(42-45-20-22-59-42)40(54)46-24-29-16-18-30(44)19-17-29/h16-20,22,25-28,31-32,34-38H,13-15,21,23-24,44H2,1-12H3,(H,46,54)(H,47,55)(H,48,53)/t27-,28+,31-,32+,34-,35?,36-,37-,38+/m0/s1. The van der Waals surface area contributed by atoms with Gasteiger partial charge in [-0.25, -0.2) is 4.98 Å². The average molecular weight is 843 g/mol. The van der Waals surface area contributed by atoms with Gasteiger partial charge in [0.05, 0.1) is 42.7 Å². The van der Waals surface area contributed by atoms with Gasteiger partial charge >= 0.3 is 0 Å². The maximum atomic E-state index is 14.3. The highest BCUT2D eigenvalue weighted by atomic mass is 32.1. The minimum absolute atomic E-state index is 0.00824. The van der Waals surface area contributed by atoms with E-state index in [9.17, 15) is 24.0 Å². The molecule has 5 amide bonds. The van der Waals surface area contributed by atoms with Crippen molar-refractivity contribution in [2.45, 2.75) is 123 Å². The number of rotatable bonds is 22. The SMILES string of the molecule is CC[C@H](C)[C@@H]([C@@H](CC(=O)N1CCC[C@H]1[C@H](OC)[C@@H](C)C(=O)NC(C(=O)NCc1ccc(N)cc1)c1nccs1)OC)N(C)C(=O)[C@@H](NC(=O)[C@H](C(C)C)N(C)C)C(C)C. The van der Waals surface area contributed by atoms with Crippen molar-refractivity contribution in [3.8, 4) is 0 Å². The summed E-state index contributed by atoms with van der Waals surface area (Å²) in [5.41, 5.74) is 7.27. The third-order valence-electron chi connectivity index (χ3n) is 11.6. The molecule has 1 fully saturated rings. The summed E-state index contributed by atoms with van der Waals surface area (Å²) in [4.78, 5) is 79.1. The zero-order valence-electron chi connectivity index (χ0n) is 37.2. The fourth-order valence-electron chi connectivity index (χ4n) is 8.23. The van der Waals surface area contributed by atoms with Gasteiger partial charge in [0, 0.05) is 51.6 Å². The lowest BCUT2D eigenvalue weighted by Gasteiger charge is -2.41. The van der Waals surface area contributed by atoms with Gasteiger partial charge in [0.25, 0.3) is 0 Å². The molecule has 5 N–H and O–H groups in total. The molecule has 0 bridgehead atoms. The topological polar surface area (TPSA) is 189 Å². The normalized spacial score (nSPS) is 18.4. The lowest BCUT2D eigenvalue weighted by atomic mass is 9.89. The molecule has 1 aromatic carbocycles. The number of nitrogens with zero attached hydrogens (tertiary/aromatic N) is 4. The van der Waals surface area contributed by atoms with E-state index in [4.69, 9.17) is 15.2 Å². The van der Waals surface area contributed by atoms with Gasteiger partial charge in [0.2, 0.25) is 29.5 Å². The Labute approximate surface area is 355 Å². The van der Waals surface area contributed by atoms with Crippen LogP contribution in [0.5, 0.6) is 0 Å². The molecular formula is C43H70N8O7S. The molecule has 2 aromatic rings. The van der Waals surface area contributed by atoms with E-state index in [-0.39, 0.29) is 48.4 Å². The van der Waals surface area contributed by atoms with Gasteiger partial charge in [-0.1, -0.05) is 67.0 Å². The third kappa shape index (κ3) is 12.9. The summed E-state index contributed by atoms with van der Waals surface area (Å²) in [7, 11) is 8.50. The van der Waals surface area contributed by atoms with Crippen molar-refractivity contribution in [2.24, 2.45) is 23.7 Å². The number of carbonyl (C=O) groups is 5. The third-order valence-corrected chi connectivity index (χ3v) is 12.5. The highest BCUT2D eigenvalue weighted by Gasteiger charge is 2.43. The lowest BCUT2D eigenvalue weighted by molar-refractivity contribution is -0.148. The molecule has 1 aromatic heterocycles. The number of anilines is 1. The van der Waals surface area contributed by atoms with Crippen LogP contribution in [0.25, 0.3) is 0 Å². The average Bonchev–Trinajstić information content (AvgIpc) is 3.91. The van der Waals surface area contributed by atoms with Crippen LogP contribution in [0.1, 0.15) is 90.8 Å². The van der Waals surface area contributed by atoms with Crippen LogP contribution in [-0.4, -0.2) is 128 Å². The highest BCUT2D eigenvalue weighted by Crippen LogP contribution is 2.30. The van der Waals surface area contributed by atoms with Crippen LogP contribution in [0.4, 0.5) is 5.69 Å². The first-order valence-corrected chi connectivity index (χ1v) is 21.7. The minimum atomic E-state index is -1.04. The smallest absolute Gasteiger partial charge is 0.250 e. The van der Waals surface area contributed by atoms with Gasteiger partial charge in [-0.2, -0.15) is 0 Å². The van der Waals surface area contributed by atoms with Gasteiger partial charge in [-0.15, -0.1) is 11.3 Å². The molecule has 1 saturated heterocycles. The van der Waals surface area contributed by atoms with Crippen LogP contribution in [0, 0.1) is 23.7 Å². The van der Waals surface area contributed by atoms with Crippen molar-refractivity contribution in [1.29, 1.82) is 0 Å². The number of nitrogens with two attached hydrogens (primary N) is 1. The molecule has 330 valence electrons. The summed E-state index contributed by atoms with van der Waals surface area (Å²) in [6.45, 7) is 14.3. The van der Waals surface area contributed by atoms with E-state index < -0.39 is 60.1 Å². The zero-order chi connectivity index (χ0) is 44.1. The molecule has 16 heteroatoms. The fourth-order valence-corrected chi connectivity index (χ4v) is 8.91. The zero-order valence-corrected chi connectivity index (χ0v) is 38.0. The number of thiazole rings is 1. The Hall–Kier alpha value is -4.12. The summed E-state index contributed by atoms with van der Waals surface area (Å²) in [6, 6.07) is 4.03. The molecule has 3 rings (SSSR count). The van der Waals surface area contributed by atoms with Crippen molar-refractivity contribution < 1.29 is 33.4 Å². The van der Waals surface area contributed by atoms with Crippen LogP contribution in [0.2, 0.25) is 0 Å². The van der Waals surface area contributed by atoms with E-state index in [0.29, 0.717) is 30.1 Å². The van der Waals surface area contributed by atoms with Crippen LogP contribution in [0.15, 0.2) is 35.8 Å². The number of ether oxygens (including phenoxy) is 2. The Morgan fingerprint density at radius 2 is 1.59 bits per heavy atom. The number of aromatic nitrogens is 1. The van der Waals surface area contributed by atoms with E-state index in [0.717, 1.165) is 12.0 Å². The van der Waals surface area contributed by atoms with Crippen LogP contribution >= 0.6 is 11.3 Å². The summed E-state index contributed by atoms with van der Waals surface area (Å²) in [6.07, 6.45) is 2.28. The van der Waals surface area contributed by atoms with E-state index >= 15 is 0 Å². The number of likely N-dealkylation sites (tertiary alicyclic amines) is 1. The quantitative estimate of drug-likeness (QED) is 0.127. The van der Waals surface area contributed by atoms with Gasteiger partial charge in [0.1, 0.15) is 11.0 Å². The molecule has 1 aliphatic heterocycles. The van der Waals surface area contributed by atoms with Crippen LogP contribution in [-0.2, 0) is 40.0 Å². The van der Waals surface area contributed by atoms with Crippen molar-refractivity contribution >= 4 is 46.6 Å². The molecule has 0 radical (unpaired) electrons. The molecule has 0 aliphatic carbocycles. The molecule has 0 saturated carbocycles. The monoisotopic (exact) mass is 843 g/mol. The van der Waals surface area contributed by atoms with E-state index in [2.05, 4.69) is 20.9 Å². The summed E-state index contributed by atoms with van der Waals surface area (Å²) in [5, 5.41) is 11.0. The second kappa shape index (κ2) is 23.0. The Bertz CT molecular complexity index is 1650. The first-order chi connectivity index (χ1) is 27.9. The van der Waals surface area contributed by atoms with Crippen molar-refractivity contribution in [1.82, 2.24) is 35.6 Å². The molecule has 1 unspecified atom stereocenters. The number of hydrogen-bond donors (Lipinski definition) is 4. The first kappa shape index (κ1) is 49.2. The van der Waals surface area contributed by atoms with Gasteiger partial charge in [-0.05, 0) is 62.4 Å². The number of likely N-dealkylation sites (N-methyl/N-ethyl adjacent to an activating group) is 2. The molecule has 1 aliphatic rings. The van der Waals surface area contributed by atoms with E-state index in [1.54, 1.807) is 54.6 Å².